The van der Waals surface area contributed by atoms with Crippen LogP contribution in [0.25, 0.3) is 4.96 Å². The van der Waals surface area contributed by atoms with E-state index in [0.717, 1.165) is 16.4 Å². The number of thiazole rings is 1. The van der Waals surface area contributed by atoms with E-state index in [-0.39, 0.29) is 12.3 Å². The first-order chi connectivity index (χ1) is 8.81. The van der Waals surface area contributed by atoms with Crippen LogP contribution < -0.4 is 5.32 Å². The molecule has 0 spiro atoms. The Morgan fingerprint density at radius 1 is 1.56 bits per heavy atom. The van der Waals surface area contributed by atoms with E-state index in [1.54, 1.807) is 23.7 Å². The van der Waals surface area contributed by atoms with Crippen LogP contribution >= 0.6 is 11.3 Å². The molecule has 92 valence electrons. The molecule has 0 bridgehead atoms. The normalized spacial score (nSPS) is 10.9. The molecule has 0 aliphatic heterocycles. The molecule has 0 fully saturated rings. The maximum Gasteiger partial charge on any atom is 0.226 e. The van der Waals surface area contributed by atoms with Crippen LogP contribution in [0.3, 0.4) is 0 Å². The summed E-state index contributed by atoms with van der Waals surface area (Å²) in [4.78, 5) is 17.0. The van der Waals surface area contributed by atoms with Crippen LogP contribution in [-0.4, -0.2) is 15.3 Å². The van der Waals surface area contributed by atoms with Crippen molar-refractivity contribution in [3.63, 3.8) is 0 Å². The van der Waals surface area contributed by atoms with Gasteiger partial charge in [-0.15, -0.1) is 11.3 Å². The van der Waals surface area contributed by atoms with E-state index in [2.05, 4.69) is 10.3 Å². The number of furan rings is 1. The minimum Gasteiger partial charge on any atom is -0.467 e. The molecule has 0 aliphatic rings. The van der Waals surface area contributed by atoms with Gasteiger partial charge in [0.1, 0.15) is 5.76 Å². The number of aromatic nitrogens is 2. The molecule has 3 heterocycles. The number of nitrogens with one attached hydrogen (secondary N) is 1. The zero-order chi connectivity index (χ0) is 12.4. The van der Waals surface area contributed by atoms with Crippen LogP contribution in [0, 0.1) is 0 Å². The van der Waals surface area contributed by atoms with E-state index in [1.807, 2.05) is 28.2 Å². The molecular weight excluding hydrogens is 250 g/mol. The Bertz CT molecular complexity index is 625. The minimum atomic E-state index is -0.0582. The fourth-order valence-electron chi connectivity index (χ4n) is 1.69. The van der Waals surface area contributed by atoms with Gasteiger partial charge < -0.3 is 9.73 Å². The van der Waals surface area contributed by atoms with Gasteiger partial charge in [0.05, 0.1) is 24.9 Å². The summed E-state index contributed by atoms with van der Waals surface area (Å²) in [6, 6.07) is 3.62. The minimum absolute atomic E-state index is 0.0582. The molecule has 0 atom stereocenters. The summed E-state index contributed by atoms with van der Waals surface area (Å²) in [5.74, 6) is 0.686. The number of fused-ring (bicyclic) bond motifs is 1. The predicted octanol–water partition coefficient (Wildman–Crippen LogP) is 1.85. The second-order valence-corrected chi connectivity index (χ2v) is 4.73. The first-order valence-corrected chi connectivity index (χ1v) is 6.39. The second-order valence-electron chi connectivity index (χ2n) is 3.86. The van der Waals surface area contributed by atoms with Crippen LogP contribution in [0.5, 0.6) is 0 Å². The lowest BCUT2D eigenvalue weighted by Gasteiger charge is -2.00. The van der Waals surface area contributed by atoms with Crippen molar-refractivity contribution < 1.29 is 9.21 Å². The summed E-state index contributed by atoms with van der Waals surface area (Å²) >= 11 is 1.55. The molecular formula is C12H11N3O2S. The summed E-state index contributed by atoms with van der Waals surface area (Å²) in [6.07, 6.45) is 5.68. The Kier molecular flexibility index (Phi) is 2.85. The lowest BCUT2D eigenvalue weighted by Crippen LogP contribution is -2.24. The quantitative estimate of drug-likeness (QED) is 0.779. The first kappa shape index (κ1) is 11.0. The van der Waals surface area contributed by atoms with Crippen molar-refractivity contribution in [2.75, 3.05) is 0 Å². The third kappa shape index (κ3) is 2.28. The summed E-state index contributed by atoms with van der Waals surface area (Å²) in [5.41, 5.74) is 0.777. The van der Waals surface area contributed by atoms with Crippen molar-refractivity contribution in [3.05, 3.63) is 47.6 Å². The number of nitrogens with zero attached hydrogens (tertiary/aromatic N) is 2. The number of hydrogen-bond acceptors (Lipinski definition) is 4. The first-order valence-electron chi connectivity index (χ1n) is 5.51. The molecule has 0 saturated heterocycles. The van der Waals surface area contributed by atoms with Crippen molar-refractivity contribution in [2.24, 2.45) is 0 Å². The van der Waals surface area contributed by atoms with Crippen LogP contribution in [0.2, 0.25) is 0 Å². The van der Waals surface area contributed by atoms with Crippen LogP contribution in [-0.2, 0) is 17.8 Å². The zero-order valence-electron chi connectivity index (χ0n) is 9.50. The lowest BCUT2D eigenvalue weighted by atomic mass is 10.3. The molecule has 1 N–H and O–H groups in total. The van der Waals surface area contributed by atoms with Gasteiger partial charge >= 0.3 is 0 Å². The van der Waals surface area contributed by atoms with Crippen molar-refractivity contribution in [1.82, 2.24) is 14.7 Å². The average Bonchev–Trinajstić information content (AvgIpc) is 3.01. The number of imidazole rings is 1. The van der Waals surface area contributed by atoms with Gasteiger partial charge in [-0.25, -0.2) is 4.98 Å². The van der Waals surface area contributed by atoms with Gasteiger partial charge in [0, 0.05) is 17.8 Å². The van der Waals surface area contributed by atoms with Gasteiger partial charge in [-0.1, -0.05) is 0 Å². The Labute approximate surface area is 107 Å². The van der Waals surface area contributed by atoms with Gasteiger partial charge in [-0.2, -0.15) is 0 Å². The van der Waals surface area contributed by atoms with Gasteiger partial charge in [-0.05, 0) is 12.1 Å². The fraction of sp³-hybridized carbons (Fsp3) is 0.167. The van der Waals surface area contributed by atoms with Crippen molar-refractivity contribution >= 4 is 22.2 Å². The monoisotopic (exact) mass is 261 g/mol. The summed E-state index contributed by atoms with van der Waals surface area (Å²) < 4.78 is 7.05. The van der Waals surface area contributed by atoms with Crippen LogP contribution in [0.15, 0.2) is 40.6 Å². The topological polar surface area (TPSA) is 59.5 Å². The maximum atomic E-state index is 11.7. The maximum absolute atomic E-state index is 11.7. The highest BCUT2D eigenvalue weighted by Crippen LogP contribution is 2.11. The van der Waals surface area contributed by atoms with Crippen LogP contribution in [0.1, 0.15) is 11.5 Å². The van der Waals surface area contributed by atoms with Gasteiger partial charge in [0.2, 0.25) is 5.91 Å². The number of hydrogen-bond donors (Lipinski definition) is 1. The molecule has 1 amide bonds. The molecule has 3 aromatic heterocycles. The Morgan fingerprint density at radius 3 is 3.28 bits per heavy atom. The molecule has 3 rings (SSSR count). The molecule has 0 saturated carbocycles. The smallest absolute Gasteiger partial charge is 0.226 e. The summed E-state index contributed by atoms with van der Waals surface area (Å²) in [5, 5.41) is 4.75. The van der Waals surface area contributed by atoms with E-state index in [0.29, 0.717) is 6.54 Å². The molecule has 5 nitrogen and oxygen atoms in total. The van der Waals surface area contributed by atoms with Crippen molar-refractivity contribution in [1.29, 1.82) is 0 Å². The van der Waals surface area contributed by atoms with Crippen LogP contribution in [0.4, 0.5) is 0 Å². The zero-order valence-corrected chi connectivity index (χ0v) is 10.3. The van der Waals surface area contributed by atoms with Crippen molar-refractivity contribution in [2.45, 2.75) is 13.0 Å². The molecule has 0 aliphatic carbocycles. The molecule has 0 unspecified atom stereocenters. The Balaban J connectivity index is 1.59. The van der Waals surface area contributed by atoms with Gasteiger partial charge in [0.25, 0.3) is 0 Å². The largest absolute Gasteiger partial charge is 0.467 e. The van der Waals surface area contributed by atoms with E-state index >= 15 is 0 Å². The number of amides is 1. The van der Waals surface area contributed by atoms with Crippen molar-refractivity contribution in [3.8, 4) is 0 Å². The number of rotatable bonds is 4. The molecule has 6 heteroatoms. The molecule has 18 heavy (non-hydrogen) atoms. The Morgan fingerprint density at radius 2 is 2.50 bits per heavy atom. The van der Waals surface area contributed by atoms with Gasteiger partial charge in [0.15, 0.2) is 4.96 Å². The highest BCUT2D eigenvalue weighted by Gasteiger charge is 2.08. The second kappa shape index (κ2) is 4.66. The predicted molar refractivity (Wildman–Crippen MR) is 67.3 cm³/mol. The highest BCUT2D eigenvalue weighted by molar-refractivity contribution is 7.15. The van der Waals surface area contributed by atoms with E-state index in [1.165, 1.54) is 0 Å². The standard InChI is InChI=1S/C12H11N3O2S/c16-11(13-7-10-2-1-4-17-10)6-9-8-15-3-5-18-12(15)14-9/h1-5,8H,6-7H2,(H,13,16). The van der Waals surface area contributed by atoms with E-state index in [9.17, 15) is 4.79 Å². The van der Waals surface area contributed by atoms with E-state index < -0.39 is 0 Å². The molecule has 0 radical (unpaired) electrons. The third-order valence-electron chi connectivity index (χ3n) is 2.52. The fourth-order valence-corrected chi connectivity index (χ4v) is 2.41. The van der Waals surface area contributed by atoms with Gasteiger partial charge in [-0.3, -0.25) is 9.20 Å². The summed E-state index contributed by atoms with van der Waals surface area (Å²) in [6.45, 7) is 0.411. The summed E-state index contributed by atoms with van der Waals surface area (Å²) in [7, 11) is 0. The van der Waals surface area contributed by atoms with E-state index in [4.69, 9.17) is 4.42 Å². The molecule has 3 aromatic rings. The SMILES string of the molecule is O=C(Cc1cn2ccsc2n1)NCc1ccco1. The lowest BCUT2D eigenvalue weighted by molar-refractivity contribution is -0.120. The molecule has 0 aromatic carbocycles. The average molecular weight is 261 g/mol. The third-order valence-corrected chi connectivity index (χ3v) is 3.30. The Hall–Kier alpha value is -2.08. The highest BCUT2D eigenvalue weighted by atomic mass is 32.1. The number of carbonyl (C=O) groups excluding carboxylic acids is 1. The number of carbonyl (C=O) groups is 1.